The molecule has 1 saturated carbocycles. The van der Waals surface area contributed by atoms with Crippen LogP contribution in [-0.4, -0.2) is 22.3 Å². The number of aliphatic hydroxyl groups is 1. The smallest absolute Gasteiger partial charge is 0.316 e. The summed E-state index contributed by atoms with van der Waals surface area (Å²) in [5.74, 6) is -0.966. The molecule has 0 amide bonds. The fourth-order valence-corrected chi connectivity index (χ4v) is 2.82. The van der Waals surface area contributed by atoms with Crippen LogP contribution in [0, 0.1) is 0 Å². The SMILES string of the molecule is O=C(O)[C@]1(c2cccc(Cl)c2)CCCC[C@H]1O. The Morgan fingerprint density at radius 2 is 2.18 bits per heavy atom. The van der Waals surface area contributed by atoms with Gasteiger partial charge in [0.05, 0.1) is 6.10 Å². The van der Waals surface area contributed by atoms with Crippen LogP contribution in [0.2, 0.25) is 5.02 Å². The Kier molecular flexibility index (Phi) is 3.40. The van der Waals surface area contributed by atoms with Crippen LogP contribution in [0.4, 0.5) is 0 Å². The second kappa shape index (κ2) is 4.67. The molecular formula is C13H15ClO3. The minimum atomic E-state index is -1.19. The van der Waals surface area contributed by atoms with Gasteiger partial charge in [0.15, 0.2) is 0 Å². The summed E-state index contributed by atoms with van der Waals surface area (Å²) >= 11 is 5.90. The molecule has 0 spiro atoms. The molecule has 1 aromatic carbocycles. The van der Waals surface area contributed by atoms with Crippen LogP contribution in [0.3, 0.4) is 0 Å². The summed E-state index contributed by atoms with van der Waals surface area (Å²) in [6.45, 7) is 0. The lowest BCUT2D eigenvalue weighted by Crippen LogP contribution is -2.48. The summed E-state index contributed by atoms with van der Waals surface area (Å²) in [7, 11) is 0. The molecule has 2 N–H and O–H groups in total. The molecule has 2 rings (SSSR count). The minimum absolute atomic E-state index is 0.462. The number of benzene rings is 1. The van der Waals surface area contributed by atoms with E-state index in [9.17, 15) is 15.0 Å². The number of carboxylic acid groups (broad SMARTS) is 1. The van der Waals surface area contributed by atoms with Crippen molar-refractivity contribution in [1.82, 2.24) is 0 Å². The molecule has 0 aromatic heterocycles. The number of hydrogen-bond acceptors (Lipinski definition) is 2. The van der Waals surface area contributed by atoms with Crippen LogP contribution < -0.4 is 0 Å². The third-order valence-corrected chi connectivity index (χ3v) is 3.82. The van der Waals surface area contributed by atoms with Gasteiger partial charge in [-0.15, -0.1) is 0 Å². The van der Waals surface area contributed by atoms with Gasteiger partial charge in [0, 0.05) is 5.02 Å². The van der Waals surface area contributed by atoms with Crippen LogP contribution in [0.1, 0.15) is 31.2 Å². The highest BCUT2D eigenvalue weighted by molar-refractivity contribution is 6.30. The van der Waals surface area contributed by atoms with Crippen LogP contribution >= 0.6 is 11.6 Å². The number of aliphatic carboxylic acids is 1. The fourth-order valence-electron chi connectivity index (χ4n) is 2.63. The molecule has 1 fully saturated rings. The summed E-state index contributed by atoms with van der Waals surface area (Å²) in [6.07, 6.45) is 1.84. The quantitative estimate of drug-likeness (QED) is 0.853. The zero-order chi connectivity index (χ0) is 12.5. The van der Waals surface area contributed by atoms with Crippen molar-refractivity contribution in [2.75, 3.05) is 0 Å². The van der Waals surface area contributed by atoms with Gasteiger partial charge in [-0.3, -0.25) is 4.79 Å². The van der Waals surface area contributed by atoms with E-state index in [4.69, 9.17) is 11.6 Å². The van der Waals surface area contributed by atoms with E-state index in [0.717, 1.165) is 12.8 Å². The summed E-state index contributed by atoms with van der Waals surface area (Å²) in [5.41, 5.74) is -0.590. The van der Waals surface area contributed by atoms with Gasteiger partial charge >= 0.3 is 5.97 Å². The zero-order valence-corrected chi connectivity index (χ0v) is 10.2. The first-order valence-corrected chi connectivity index (χ1v) is 6.12. The number of aliphatic hydroxyl groups excluding tert-OH is 1. The number of halogens is 1. The summed E-state index contributed by atoms with van der Waals surface area (Å²) in [6, 6.07) is 6.80. The fraction of sp³-hybridized carbons (Fsp3) is 0.462. The maximum Gasteiger partial charge on any atom is 0.316 e. The number of hydrogen-bond donors (Lipinski definition) is 2. The molecule has 0 bridgehead atoms. The predicted octanol–water partition coefficient (Wildman–Crippen LogP) is 2.60. The van der Waals surface area contributed by atoms with Gasteiger partial charge < -0.3 is 10.2 Å². The van der Waals surface area contributed by atoms with Gasteiger partial charge in [0.25, 0.3) is 0 Å². The van der Waals surface area contributed by atoms with E-state index < -0.39 is 17.5 Å². The van der Waals surface area contributed by atoms with E-state index in [0.29, 0.717) is 23.4 Å². The Morgan fingerprint density at radius 3 is 2.76 bits per heavy atom. The van der Waals surface area contributed by atoms with Crippen molar-refractivity contribution in [3.05, 3.63) is 34.9 Å². The molecule has 4 heteroatoms. The maximum atomic E-state index is 11.6. The average molecular weight is 255 g/mol. The molecule has 3 nitrogen and oxygen atoms in total. The lowest BCUT2D eigenvalue weighted by atomic mass is 9.67. The van der Waals surface area contributed by atoms with Crippen LogP contribution in [0.15, 0.2) is 24.3 Å². The Hall–Kier alpha value is -1.06. The van der Waals surface area contributed by atoms with E-state index in [-0.39, 0.29) is 0 Å². The van der Waals surface area contributed by atoms with Gasteiger partial charge in [-0.25, -0.2) is 0 Å². The Balaban J connectivity index is 2.50. The Bertz CT molecular complexity index is 432. The summed E-state index contributed by atoms with van der Waals surface area (Å²) < 4.78 is 0. The molecule has 1 aromatic rings. The molecule has 1 aliphatic carbocycles. The Morgan fingerprint density at radius 1 is 1.41 bits per heavy atom. The minimum Gasteiger partial charge on any atom is -0.481 e. The zero-order valence-electron chi connectivity index (χ0n) is 9.40. The van der Waals surface area contributed by atoms with E-state index in [2.05, 4.69) is 0 Å². The molecule has 1 aliphatic rings. The standard InChI is InChI=1S/C13H15ClO3/c14-10-5-3-4-9(8-10)13(12(16)17)7-2-1-6-11(13)15/h3-5,8,11,15H,1-2,6-7H2,(H,16,17)/t11-,13+/m1/s1. The van der Waals surface area contributed by atoms with E-state index in [1.807, 2.05) is 0 Å². The highest BCUT2D eigenvalue weighted by Crippen LogP contribution is 2.40. The highest BCUT2D eigenvalue weighted by Gasteiger charge is 2.48. The molecule has 0 radical (unpaired) electrons. The lowest BCUT2D eigenvalue weighted by Gasteiger charge is -2.38. The second-order valence-electron chi connectivity index (χ2n) is 4.55. The van der Waals surface area contributed by atoms with E-state index in [1.165, 1.54) is 0 Å². The molecule has 0 unspecified atom stereocenters. The van der Waals surface area contributed by atoms with Crippen molar-refractivity contribution in [1.29, 1.82) is 0 Å². The number of carbonyl (C=O) groups is 1. The molecule has 0 heterocycles. The third kappa shape index (κ3) is 2.05. The second-order valence-corrected chi connectivity index (χ2v) is 4.98. The topological polar surface area (TPSA) is 57.5 Å². The predicted molar refractivity (Wildman–Crippen MR) is 65.2 cm³/mol. The Labute approximate surface area is 105 Å². The van der Waals surface area contributed by atoms with Gasteiger partial charge in [-0.05, 0) is 30.5 Å². The van der Waals surface area contributed by atoms with Crippen molar-refractivity contribution in [2.24, 2.45) is 0 Å². The first kappa shape index (κ1) is 12.4. The first-order chi connectivity index (χ1) is 8.07. The summed E-state index contributed by atoms with van der Waals surface area (Å²) in [4.78, 5) is 11.6. The molecule has 92 valence electrons. The molecule has 0 saturated heterocycles. The highest BCUT2D eigenvalue weighted by atomic mass is 35.5. The number of carboxylic acids is 1. The number of rotatable bonds is 2. The maximum absolute atomic E-state index is 11.6. The normalized spacial score (nSPS) is 28.9. The first-order valence-electron chi connectivity index (χ1n) is 5.75. The third-order valence-electron chi connectivity index (χ3n) is 3.59. The van der Waals surface area contributed by atoms with Crippen molar-refractivity contribution in [3.63, 3.8) is 0 Å². The monoisotopic (exact) mass is 254 g/mol. The van der Waals surface area contributed by atoms with Gasteiger partial charge in [-0.2, -0.15) is 0 Å². The van der Waals surface area contributed by atoms with Crippen molar-refractivity contribution >= 4 is 17.6 Å². The van der Waals surface area contributed by atoms with Crippen LogP contribution in [0.5, 0.6) is 0 Å². The van der Waals surface area contributed by atoms with Crippen molar-refractivity contribution in [2.45, 2.75) is 37.2 Å². The molecule has 2 atom stereocenters. The van der Waals surface area contributed by atoms with E-state index >= 15 is 0 Å². The van der Waals surface area contributed by atoms with Crippen molar-refractivity contribution < 1.29 is 15.0 Å². The average Bonchev–Trinajstić information content (AvgIpc) is 2.29. The molecule has 0 aliphatic heterocycles. The largest absolute Gasteiger partial charge is 0.481 e. The van der Waals surface area contributed by atoms with Crippen LogP contribution in [-0.2, 0) is 10.2 Å². The van der Waals surface area contributed by atoms with E-state index in [1.54, 1.807) is 24.3 Å². The molecular weight excluding hydrogens is 240 g/mol. The van der Waals surface area contributed by atoms with Gasteiger partial charge in [0.1, 0.15) is 5.41 Å². The van der Waals surface area contributed by atoms with Crippen LogP contribution in [0.25, 0.3) is 0 Å². The molecule has 17 heavy (non-hydrogen) atoms. The summed E-state index contributed by atoms with van der Waals surface area (Å²) in [5, 5.41) is 20.1. The van der Waals surface area contributed by atoms with Gasteiger partial charge in [0.2, 0.25) is 0 Å². The van der Waals surface area contributed by atoms with Crippen molar-refractivity contribution in [3.8, 4) is 0 Å². The lowest BCUT2D eigenvalue weighted by molar-refractivity contribution is -0.151. The van der Waals surface area contributed by atoms with Gasteiger partial charge in [-0.1, -0.05) is 36.6 Å².